The van der Waals surface area contributed by atoms with Crippen molar-refractivity contribution in [3.8, 4) is 23.0 Å². The molecule has 4 rings (SSSR count). The van der Waals surface area contributed by atoms with Crippen LogP contribution in [0.25, 0.3) is 0 Å². The van der Waals surface area contributed by atoms with Crippen molar-refractivity contribution < 1.29 is 36.3 Å². The van der Waals surface area contributed by atoms with Crippen LogP contribution in [0.4, 0.5) is 0 Å². The molecule has 0 N–H and O–H groups in total. The molecule has 0 aliphatic rings. The third kappa shape index (κ3) is 14.8. The summed E-state index contributed by atoms with van der Waals surface area (Å²) in [6.07, 6.45) is -1.54. The lowest BCUT2D eigenvalue weighted by atomic mass is 9.80. The zero-order valence-electron chi connectivity index (χ0n) is 46.7. The van der Waals surface area contributed by atoms with Crippen LogP contribution >= 0.6 is 15.6 Å². The minimum Gasteiger partial charge on any atom is -0.395 e. The van der Waals surface area contributed by atoms with E-state index in [1.165, 1.54) is 6.92 Å². The molecular formula is C58H88O8P2. The Hall–Kier alpha value is -3.54. The van der Waals surface area contributed by atoms with Gasteiger partial charge in [0.25, 0.3) is 0 Å². The van der Waals surface area contributed by atoms with E-state index in [1.54, 1.807) is 0 Å². The van der Waals surface area contributed by atoms with Crippen molar-refractivity contribution in [1.82, 2.24) is 0 Å². The Kier molecular flexibility index (Phi) is 16.1. The van der Waals surface area contributed by atoms with Crippen LogP contribution in [0.15, 0.2) is 72.8 Å². The molecule has 10 heteroatoms. The first-order chi connectivity index (χ1) is 30.3. The highest BCUT2D eigenvalue weighted by Gasteiger charge is 2.43. The summed E-state index contributed by atoms with van der Waals surface area (Å²) in [4.78, 5) is 0. The first-order valence-electron chi connectivity index (χ1n) is 24.3. The lowest BCUT2D eigenvalue weighted by molar-refractivity contribution is -0.0132. The highest BCUT2D eigenvalue weighted by molar-refractivity contribution is 7.50. The fourth-order valence-corrected chi connectivity index (χ4v) is 10.4. The predicted molar refractivity (Wildman–Crippen MR) is 285 cm³/mol. The van der Waals surface area contributed by atoms with E-state index >= 15 is 9.13 Å². The molecule has 0 unspecified atom stereocenters. The molecule has 4 aromatic rings. The number of hydrogen-bond donors (Lipinski definition) is 0. The molecule has 0 saturated heterocycles. The van der Waals surface area contributed by atoms with E-state index in [-0.39, 0.29) is 21.7 Å². The summed E-state index contributed by atoms with van der Waals surface area (Å²) in [7, 11) is -9.51. The van der Waals surface area contributed by atoms with Crippen molar-refractivity contribution in [1.29, 1.82) is 0 Å². The molecule has 0 spiro atoms. The van der Waals surface area contributed by atoms with E-state index in [0.717, 1.165) is 44.5 Å². The lowest BCUT2D eigenvalue weighted by Gasteiger charge is -2.32. The van der Waals surface area contributed by atoms with Gasteiger partial charge in [-0.25, -0.2) is 18.2 Å². The molecule has 378 valence electrons. The minimum atomic E-state index is -4.75. The summed E-state index contributed by atoms with van der Waals surface area (Å²) >= 11 is 0. The van der Waals surface area contributed by atoms with Gasteiger partial charge in [-0.2, -0.15) is 0 Å². The van der Waals surface area contributed by atoms with Gasteiger partial charge >= 0.3 is 15.6 Å². The van der Waals surface area contributed by atoms with Crippen LogP contribution in [0.3, 0.4) is 0 Å². The van der Waals surface area contributed by atoms with Crippen molar-refractivity contribution >= 4 is 15.6 Å². The minimum absolute atomic E-state index is 0.172. The standard InChI is InChI=1S/C58H88O8P2/c1-38(61-67(59,63-47-30-26-39(51(2,3)4)34-43(47)55(14,15)16)64-48-31-27-40(52(5,6)7)35-44(48)56(17,18)19)62-68(60,65-49-32-28-41(53(8,9)10)36-45(49)57(20,21)22)66-50-33-29-42(54(11,12)13)37-46(50)58(23,24)25/h26-38H,1-25H3. The van der Waals surface area contributed by atoms with Crippen molar-refractivity contribution in [3.05, 3.63) is 117 Å². The molecule has 0 fully saturated rings. The Balaban J connectivity index is 1.98. The molecule has 4 aromatic carbocycles. The third-order valence-electron chi connectivity index (χ3n) is 12.0. The van der Waals surface area contributed by atoms with E-state index in [1.807, 2.05) is 48.5 Å². The SMILES string of the molecule is CC(OP(=O)(Oc1ccc(C(C)(C)C)cc1C(C)(C)C)Oc1ccc(C(C)(C)C)cc1C(C)(C)C)OP(=O)(Oc1ccc(C(C)(C)C)cc1C(C)(C)C)Oc1ccc(C(C)(C)C)cc1C(C)(C)C. The number of hydrogen-bond acceptors (Lipinski definition) is 8. The van der Waals surface area contributed by atoms with Crippen LogP contribution in [-0.2, 0) is 61.5 Å². The van der Waals surface area contributed by atoms with Crippen molar-refractivity contribution in [2.24, 2.45) is 0 Å². The van der Waals surface area contributed by atoms with Crippen molar-refractivity contribution in [3.63, 3.8) is 0 Å². The van der Waals surface area contributed by atoms with Gasteiger partial charge in [0.1, 0.15) is 23.0 Å². The highest BCUT2D eigenvalue weighted by atomic mass is 31.2. The maximum absolute atomic E-state index is 15.8. The van der Waals surface area contributed by atoms with Crippen LogP contribution in [0.1, 0.15) is 218 Å². The van der Waals surface area contributed by atoms with Crippen LogP contribution in [0.2, 0.25) is 0 Å². The molecule has 0 aromatic heterocycles. The summed E-state index contributed by atoms with van der Waals surface area (Å²) in [6, 6.07) is 23.5. The van der Waals surface area contributed by atoms with Gasteiger partial charge < -0.3 is 18.1 Å². The Morgan fingerprint density at radius 3 is 0.632 bits per heavy atom. The number of phosphoric acid groups is 2. The summed E-state index contributed by atoms with van der Waals surface area (Å²) in [5.41, 5.74) is 5.14. The lowest BCUT2D eigenvalue weighted by Crippen LogP contribution is -2.22. The molecule has 0 aliphatic carbocycles. The zero-order valence-corrected chi connectivity index (χ0v) is 48.5. The second kappa shape index (κ2) is 19.2. The maximum Gasteiger partial charge on any atom is 0.589 e. The first-order valence-corrected chi connectivity index (χ1v) is 27.2. The second-order valence-corrected chi connectivity index (χ2v) is 29.8. The molecule has 0 saturated carbocycles. The van der Waals surface area contributed by atoms with Gasteiger partial charge in [-0.1, -0.05) is 215 Å². The maximum atomic E-state index is 15.8. The second-order valence-electron chi connectivity index (χ2n) is 26.9. The van der Waals surface area contributed by atoms with E-state index in [0.29, 0.717) is 23.0 Å². The molecule has 0 bridgehead atoms. The molecule has 0 atom stereocenters. The number of rotatable bonds is 12. The quantitative estimate of drug-likeness (QED) is 0.102. The Morgan fingerprint density at radius 2 is 0.485 bits per heavy atom. The van der Waals surface area contributed by atoms with Crippen LogP contribution in [-0.4, -0.2) is 6.29 Å². The van der Waals surface area contributed by atoms with Gasteiger partial charge in [-0.3, -0.25) is 0 Å². The van der Waals surface area contributed by atoms with E-state index in [2.05, 4.69) is 190 Å². The molecule has 0 aliphatic heterocycles. The Bertz CT molecular complexity index is 2180. The smallest absolute Gasteiger partial charge is 0.395 e. The largest absolute Gasteiger partial charge is 0.589 e. The number of phosphoric ester groups is 2. The molecule has 0 radical (unpaired) electrons. The van der Waals surface area contributed by atoms with E-state index < -0.39 is 43.6 Å². The third-order valence-corrected chi connectivity index (χ3v) is 14.8. The van der Waals surface area contributed by atoms with Gasteiger partial charge in [0, 0.05) is 22.3 Å². The topological polar surface area (TPSA) is 89.5 Å². The number of benzene rings is 4. The van der Waals surface area contributed by atoms with Crippen LogP contribution in [0, 0.1) is 0 Å². The van der Waals surface area contributed by atoms with Gasteiger partial charge in [0.15, 0.2) is 6.29 Å². The summed E-state index contributed by atoms with van der Waals surface area (Å²) in [5.74, 6) is 1.29. The summed E-state index contributed by atoms with van der Waals surface area (Å²) < 4.78 is 70.8. The Morgan fingerprint density at radius 1 is 0.309 bits per heavy atom. The van der Waals surface area contributed by atoms with E-state index in [4.69, 9.17) is 27.1 Å². The van der Waals surface area contributed by atoms with Gasteiger partial charge in [-0.05, 0) is 96.8 Å². The van der Waals surface area contributed by atoms with Crippen LogP contribution in [0.5, 0.6) is 23.0 Å². The Labute approximate surface area is 413 Å². The molecular weight excluding hydrogens is 887 g/mol. The molecule has 0 amide bonds. The fraction of sp³-hybridized carbons (Fsp3) is 0.586. The van der Waals surface area contributed by atoms with Crippen LogP contribution < -0.4 is 18.1 Å². The highest BCUT2D eigenvalue weighted by Crippen LogP contribution is 2.59. The summed E-state index contributed by atoms with van der Waals surface area (Å²) in [5, 5.41) is 0. The zero-order chi connectivity index (χ0) is 52.2. The molecule has 8 nitrogen and oxygen atoms in total. The summed E-state index contributed by atoms with van der Waals surface area (Å²) in [6.45, 7) is 52.2. The average molecular weight is 975 g/mol. The van der Waals surface area contributed by atoms with Gasteiger partial charge in [0.05, 0.1) is 0 Å². The van der Waals surface area contributed by atoms with Crippen molar-refractivity contribution in [2.45, 2.75) is 223 Å². The normalized spacial score (nSPS) is 14.0. The average Bonchev–Trinajstić information content (AvgIpc) is 3.11. The van der Waals surface area contributed by atoms with Gasteiger partial charge in [0.2, 0.25) is 0 Å². The predicted octanol–water partition coefficient (Wildman–Crippen LogP) is 18.3. The van der Waals surface area contributed by atoms with Gasteiger partial charge in [-0.15, -0.1) is 0 Å². The molecule has 68 heavy (non-hydrogen) atoms. The first kappa shape index (κ1) is 57.0. The fourth-order valence-electron chi connectivity index (χ4n) is 7.64. The van der Waals surface area contributed by atoms with E-state index in [9.17, 15) is 0 Å². The monoisotopic (exact) mass is 975 g/mol. The molecule has 0 heterocycles. The van der Waals surface area contributed by atoms with Crippen molar-refractivity contribution in [2.75, 3.05) is 0 Å².